The van der Waals surface area contributed by atoms with Crippen LogP contribution in [0.3, 0.4) is 0 Å². The second-order valence-corrected chi connectivity index (χ2v) is 6.44. The Morgan fingerprint density at radius 3 is 2.60 bits per heavy atom. The summed E-state index contributed by atoms with van der Waals surface area (Å²) in [7, 11) is 3.00. The highest BCUT2D eigenvalue weighted by molar-refractivity contribution is 14.1. The molecule has 2 rings (SSSR count). The minimum absolute atomic E-state index is 0.402. The fourth-order valence-electron chi connectivity index (χ4n) is 2.24. The molecule has 2 aromatic carbocycles. The number of ether oxygens (including phenoxy) is 4. The summed E-state index contributed by atoms with van der Waals surface area (Å²) in [6, 6.07) is 13.2. The van der Waals surface area contributed by atoms with E-state index in [2.05, 4.69) is 22.6 Å². The molecule has 5 nitrogen and oxygen atoms in total. The van der Waals surface area contributed by atoms with Gasteiger partial charge in [0, 0.05) is 15.6 Å². The van der Waals surface area contributed by atoms with Crippen molar-refractivity contribution in [2.75, 3.05) is 27.4 Å². The lowest BCUT2D eigenvalue weighted by Gasteiger charge is -2.11. The monoisotopic (exact) mass is 456 g/mol. The van der Waals surface area contributed by atoms with Gasteiger partial charge in [0.25, 0.3) is 0 Å². The van der Waals surface area contributed by atoms with E-state index in [1.54, 1.807) is 19.2 Å². The van der Waals surface area contributed by atoms with Crippen molar-refractivity contribution in [3.05, 3.63) is 57.2 Å². The molecule has 0 N–H and O–H groups in total. The normalized spacial score (nSPS) is 10.4. The van der Waals surface area contributed by atoms with Crippen molar-refractivity contribution in [2.45, 2.75) is 13.0 Å². The van der Waals surface area contributed by atoms with Gasteiger partial charge in [-0.1, -0.05) is 18.2 Å². The molecule has 25 heavy (non-hydrogen) atoms. The number of hydrogen-bond acceptors (Lipinski definition) is 5. The minimum atomic E-state index is -0.402. The molecule has 0 saturated carbocycles. The van der Waals surface area contributed by atoms with Crippen LogP contribution in [0.1, 0.15) is 22.3 Å². The van der Waals surface area contributed by atoms with Crippen LogP contribution >= 0.6 is 22.6 Å². The van der Waals surface area contributed by atoms with Crippen LogP contribution in [0.4, 0.5) is 0 Å². The van der Waals surface area contributed by atoms with Gasteiger partial charge in [0.1, 0.15) is 17.1 Å². The SMILES string of the molecule is COC(=O)c1cc(I)ccc1OCCCOCc1ccccc1OC. The molecule has 0 aromatic heterocycles. The van der Waals surface area contributed by atoms with Crippen LogP contribution in [0.15, 0.2) is 42.5 Å². The fourth-order valence-corrected chi connectivity index (χ4v) is 2.74. The Morgan fingerprint density at radius 1 is 1.04 bits per heavy atom. The molecule has 6 heteroatoms. The molecule has 0 unspecified atom stereocenters. The van der Waals surface area contributed by atoms with Gasteiger partial charge in [-0.05, 0) is 46.9 Å². The minimum Gasteiger partial charge on any atom is -0.496 e. The Kier molecular flexibility index (Phi) is 8.00. The molecule has 0 atom stereocenters. The van der Waals surface area contributed by atoms with Gasteiger partial charge >= 0.3 is 5.97 Å². The van der Waals surface area contributed by atoms with Crippen LogP contribution in [-0.2, 0) is 16.1 Å². The highest BCUT2D eigenvalue weighted by atomic mass is 127. The largest absolute Gasteiger partial charge is 0.496 e. The molecular weight excluding hydrogens is 435 g/mol. The highest BCUT2D eigenvalue weighted by Gasteiger charge is 2.13. The molecule has 0 aliphatic rings. The van der Waals surface area contributed by atoms with E-state index in [0.29, 0.717) is 37.6 Å². The summed E-state index contributed by atoms with van der Waals surface area (Å²) < 4.78 is 22.4. The van der Waals surface area contributed by atoms with E-state index in [1.165, 1.54) is 7.11 Å². The predicted molar refractivity (Wildman–Crippen MR) is 103 cm³/mol. The van der Waals surface area contributed by atoms with Crippen molar-refractivity contribution in [2.24, 2.45) is 0 Å². The Morgan fingerprint density at radius 2 is 1.84 bits per heavy atom. The Bertz CT molecular complexity index is 702. The van der Waals surface area contributed by atoms with Gasteiger partial charge in [0.05, 0.1) is 34.0 Å². The van der Waals surface area contributed by atoms with Crippen LogP contribution in [0.5, 0.6) is 11.5 Å². The standard InChI is InChI=1S/C19H21IO5/c1-22-17-7-4-3-6-14(17)13-24-10-5-11-25-18-9-8-15(20)12-16(18)19(21)23-2/h3-4,6-9,12H,5,10-11,13H2,1-2H3. The number of carbonyl (C=O) groups excluding carboxylic acids is 1. The molecule has 0 aliphatic carbocycles. The summed E-state index contributed by atoms with van der Waals surface area (Å²) >= 11 is 2.15. The van der Waals surface area contributed by atoms with Crippen LogP contribution < -0.4 is 9.47 Å². The number of rotatable bonds is 9. The second-order valence-electron chi connectivity index (χ2n) is 5.20. The maximum absolute atomic E-state index is 11.8. The molecule has 0 bridgehead atoms. The van der Waals surface area contributed by atoms with Crippen molar-refractivity contribution < 1.29 is 23.7 Å². The first kappa shape index (κ1) is 19.5. The van der Waals surface area contributed by atoms with Crippen LogP contribution in [0.25, 0.3) is 0 Å². The number of methoxy groups -OCH3 is 2. The zero-order chi connectivity index (χ0) is 18.1. The van der Waals surface area contributed by atoms with E-state index < -0.39 is 5.97 Å². The van der Waals surface area contributed by atoms with Crippen molar-refractivity contribution in [1.29, 1.82) is 0 Å². The first-order valence-corrected chi connectivity index (χ1v) is 8.94. The molecule has 0 spiro atoms. The third kappa shape index (κ3) is 5.89. The van der Waals surface area contributed by atoms with E-state index in [1.807, 2.05) is 30.3 Å². The summed E-state index contributed by atoms with van der Waals surface area (Å²) in [6.45, 7) is 1.49. The van der Waals surface area contributed by atoms with Crippen molar-refractivity contribution >= 4 is 28.6 Å². The third-order valence-corrected chi connectivity index (χ3v) is 4.16. The van der Waals surface area contributed by atoms with Crippen LogP contribution in [-0.4, -0.2) is 33.4 Å². The van der Waals surface area contributed by atoms with Gasteiger partial charge in [-0.2, -0.15) is 0 Å². The molecule has 134 valence electrons. The lowest BCUT2D eigenvalue weighted by Crippen LogP contribution is -2.08. The summed E-state index contributed by atoms with van der Waals surface area (Å²) in [6.07, 6.45) is 0.710. The van der Waals surface area contributed by atoms with Crippen molar-refractivity contribution in [3.63, 3.8) is 0 Å². The van der Waals surface area contributed by atoms with Gasteiger partial charge in [0.2, 0.25) is 0 Å². The topological polar surface area (TPSA) is 54.0 Å². The summed E-state index contributed by atoms with van der Waals surface area (Å²) in [5, 5.41) is 0. The number of halogens is 1. The van der Waals surface area contributed by atoms with E-state index in [-0.39, 0.29) is 0 Å². The third-order valence-electron chi connectivity index (χ3n) is 3.49. The quantitative estimate of drug-likeness (QED) is 0.324. The molecule has 2 aromatic rings. The van der Waals surface area contributed by atoms with Gasteiger partial charge in [-0.3, -0.25) is 0 Å². The maximum Gasteiger partial charge on any atom is 0.341 e. The molecule has 0 radical (unpaired) electrons. The number of hydrogen-bond donors (Lipinski definition) is 0. The molecule has 0 amide bonds. The lowest BCUT2D eigenvalue weighted by atomic mass is 10.2. The lowest BCUT2D eigenvalue weighted by molar-refractivity contribution is 0.0595. The average molecular weight is 456 g/mol. The Balaban J connectivity index is 1.77. The molecule has 0 fully saturated rings. The number of para-hydroxylation sites is 1. The van der Waals surface area contributed by atoms with Crippen molar-refractivity contribution in [1.82, 2.24) is 0 Å². The average Bonchev–Trinajstić information content (AvgIpc) is 2.65. The first-order chi connectivity index (χ1) is 12.2. The van der Waals surface area contributed by atoms with Gasteiger partial charge in [-0.25, -0.2) is 4.79 Å². The molecular formula is C19H21IO5. The van der Waals surface area contributed by atoms with Crippen LogP contribution in [0.2, 0.25) is 0 Å². The van der Waals surface area contributed by atoms with Crippen LogP contribution in [0, 0.1) is 3.57 Å². The fraction of sp³-hybridized carbons (Fsp3) is 0.316. The summed E-state index contributed by atoms with van der Waals surface area (Å²) in [4.78, 5) is 11.8. The highest BCUT2D eigenvalue weighted by Crippen LogP contribution is 2.22. The van der Waals surface area contributed by atoms with E-state index in [9.17, 15) is 4.79 Å². The Hall–Kier alpha value is -1.80. The number of esters is 1. The van der Waals surface area contributed by atoms with Gasteiger partial charge in [0.15, 0.2) is 0 Å². The maximum atomic E-state index is 11.8. The zero-order valence-electron chi connectivity index (χ0n) is 14.3. The smallest absolute Gasteiger partial charge is 0.341 e. The summed E-state index contributed by atoms with van der Waals surface area (Å²) in [5.74, 6) is 0.943. The Labute approximate surface area is 161 Å². The second kappa shape index (κ2) is 10.2. The van der Waals surface area contributed by atoms with E-state index in [4.69, 9.17) is 18.9 Å². The zero-order valence-corrected chi connectivity index (χ0v) is 16.4. The number of benzene rings is 2. The van der Waals surface area contributed by atoms with Crippen molar-refractivity contribution in [3.8, 4) is 11.5 Å². The predicted octanol–water partition coefficient (Wildman–Crippen LogP) is 4.07. The first-order valence-electron chi connectivity index (χ1n) is 7.86. The van der Waals surface area contributed by atoms with E-state index in [0.717, 1.165) is 14.9 Å². The van der Waals surface area contributed by atoms with Gasteiger partial charge in [-0.15, -0.1) is 0 Å². The van der Waals surface area contributed by atoms with Gasteiger partial charge < -0.3 is 18.9 Å². The number of carbonyl (C=O) groups is 1. The molecule has 0 heterocycles. The summed E-state index contributed by atoms with van der Waals surface area (Å²) in [5.41, 5.74) is 1.45. The van der Waals surface area contributed by atoms with E-state index >= 15 is 0 Å². The molecule has 0 aliphatic heterocycles. The molecule has 0 saturated heterocycles.